The Kier molecular flexibility index (Phi) is 5.09. The highest BCUT2D eigenvalue weighted by atomic mass is 79.9. The van der Waals surface area contributed by atoms with Crippen LogP contribution in [0.2, 0.25) is 0 Å². The second-order valence-electron chi connectivity index (χ2n) is 4.24. The third-order valence-corrected chi connectivity index (χ3v) is 3.48. The van der Waals surface area contributed by atoms with E-state index in [1.807, 2.05) is 18.2 Å². The lowest BCUT2D eigenvalue weighted by Crippen LogP contribution is -2.19. The maximum absolute atomic E-state index is 13.1. The van der Waals surface area contributed by atoms with Gasteiger partial charge in [0, 0.05) is 15.8 Å². The summed E-state index contributed by atoms with van der Waals surface area (Å²) in [5.74, 6) is -0.296. The summed E-state index contributed by atoms with van der Waals surface area (Å²) in [5.41, 5.74) is 2.73. The molecule has 2 nitrogen and oxygen atoms in total. The van der Waals surface area contributed by atoms with E-state index in [0.717, 1.165) is 22.1 Å². The van der Waals surface area contributed by atoms with Crippen molar-refractivity contribution in [1.29, 1.82) is 0 Å². The van der Waals surface area contributed by atoms with Crippen molar-refractivity contribution in [3.63, 3.8) is 0 Å². The molecule has 0 bridgehead atoms. The Balaban J connectivity index is 2.08. The molecular weight excluding hydrogens is 339 g/mol. The third-order valence-electron chi connectivity index (χ3n) is 2.78. The normalized spacial score (nSPS) is 10.2. The molecule has 0 unspecified atom stereocenters. The van der Waals surface area contributed by atoms with Crippen LogP contribution in [0, 0.1) is 5.82 Å². The van der Waals surface area contributed by atoms with Gasteiger partial charge in [-0.25, -0.2) is 4.39 Å². The number of hydrogen-bond acceptors (Lipinski definition) is 1. The summed E-state index contributed by atoms with van der Waals surface area (Å²) in [5, 5.41) is 6.54. The maximum Gasteiger partial charge on any atom is 0.175 e. The van der Waals surface area contributed by atoms with Crippen molar-refractivity contribution < 1.29 is 4.39 Å². The van der Waals surface area contributed by atoms with E-state index < -0.39 is 0 Å². The van der Waals surface area contributed by atoms with Crippen molar-refractivity contribution in [1.82, 2.24) is 0 Å². The third kappa shape index (κ3) is 4.02. The van der Waals surface area contributed by atoms with E-state index in [9.17, 15) is 4.39 Å². The van der Waals surface area contributed by atoms with Gasteiger partial charge in [0.25, 0.3) is 0 Å². The van der Waals surface area contributed by atoms with Crippen LogP contribution in [0.1, 0.15) is 12.5 Å². The molecule has 2 rings (SSSR count). The number of hydrogen-bond donors (Lipinski definition) is 2. The smallest absolute Gasteiger partial charge is 0.175 e. The molecular formula is C15H14BrFN2S. The summed E-state index contributed by atoms with van der Waals surface area (Å²) in [6, 6.07) is 12.2. The van der Waals surface area contributed by atoms with Crippen molar-refractivity contribution in [3.8, 4) is 0 Å². The maximum atomic E-state index is 13.1. The summed E-state index contributed by atoms with van der Waals surface area (Å²) in [4.78, 5) is 0. The standard InChI is InChI=1S/C15H14BrFN2S/c1-2-10-8-11(16)6-7-14(10)19-15(20)18-13-5-3-4-12(17)9-13/h3-9H,2H2,1H3,(H2,18,19,20). The molecule has 0 atom stereocenters. The average molecular weight is 353 g/mol. The minimum Gasteiger partial charge on any atom is -0.332 e. The van der Waals surface area contributed by atoms with Crippen molar-refractivity contribution in [2.24, 2.45) is 0 Å². The molecule has 0 saturated heterocycles. The number of rotatable bonds is 3. The van der Waals surface area contributed by atoms with E-state index in [2.05, 4.69) is 33.5 Å². The Bertz CT molecular complexity index is 631. The predicted octanol–water partition coefficient (Wildman–Crippen LogP) is 4.96. The first-order valence-corrected chi connectivity index (χ1v) is 7.40. The van der Waals surface area contributed by atoms with Gasteiger partial charge in [-0.1, -0.05) is 28.9 Å². The SMILES string of the molecule is CCc1cc(Br)ccc1NC(=S)Nc1cccc(F)c1. The Morgan fingerprint density at radius 2 is 2.00 bits per heavy atom. The Labute approximate surface area is 131 Å². The number of anilines is 2. The lowest BCUT2D eigenvalue weighted by Gasteiger charge is -2.14. The summed E-state index contributed by atoms with van der Waals surface area (Å²) in [6.07, 6.45) is 0.893. The number of aryl methyl sites for hydroxylation is 1. The largest absolute Gasteiger partial charge is 0.332 e. The summed E-state index contributed by atoms with van der Waals surface area (Å²) >= 11 is 8.69. The molecule has 0 aliphatic rings. The average Bonchev–Trinajstić information content (AvgIpc) is 2.40. The van der Waals surface area contributed by atoms with Crippen LogP contribution < -0.4 is 10.6 Å². The van der Waals surface area contributed by atoms with Gasteiger partial charge in [-0.3, -0.25) is 0 Å². The molecule has 0 aliphatic heterocycles. The van der Waals surface area contributed by atoms with Crippen LogP contribution in [-0.4, -0.2) is 5.11 Å². The molecule has 2 aromatic carbocycles. The van der Waals surface area contributed by atoms with E-state index in [-0.39, 0.29) is 5.82 Å². The first kappa shape index (κ1) is 14.9. The van der Waals surface area contributed by atoms with Crippen molar-refractivity contribution in [3.05, 3.63) is 58.3 Å². The van der Waals surface area contributed by atoms with Gasteiger partial charge >= 0.3 is 0 Å². The van der Waals surface area contributed by atoms with Gasteiger partial charge in [-0.2, -0.15) is 0 Å². The van der Waals surface area contributed by atoms with Gasteiger partial charge in [0.15, 0.2) is 5.11 Å². The zero-order valence-electron chi connectivity index (χ0n) is 10.9. The Morgan fingerprint density at radius 3 is 2.70 bits per heavy atom. The fourth-order valence-corrected chi connectivity index (χ4v) is 2.46. The molecule has 0 saturated carbocycles. The lowest BCUT2D eigenvalue weighted by atomic mass is 10.1. The topological polar surface area (TPSA) is 24.1 Å². The molecule has 0 aromatic heterocycles. The summed E-state index contributed by atoms with van der Waals surface area (Å²) in [7, 11) is 0. The van der Waals surface area contributed by atoms with Crippen LogP contribution in [0.5, 0.6) is 0 Å². The van der Waals surface area contributed by atoms with Gasteiger partial charge in [0.2, 0.25) is 0 Å². The van der Waals surface area contributed by atoms with Gasteiger partial charge in [0.1, 0.15) is 5.82 Å². The predicted molar refractivity (Wildman–Crippen MR) is 89.8 cm³/mol. The molecule has 0 radical (unpaired) electrons. The molecule has 2 N–H and O–H groups in total. The molecule has 20 heavy (non-hydrogen) atoms. The fourth-order valence-electron chi connectivity index (χ4n) is 1.83. The first-order valence-electron chi connectivity index (χ1n) is 6.20. The molecule has 0 aliphatic carbocycles. The van der Waals surface area contributed by atoms with Gasteiger partial charge in [-0.05, 0) is 60.6 Å². The highest BCUT2D eigenvalue weighted by molar-refractivity contribution is 9.10. The lowest BCUT2D eigenvalue weighted by molar-refractivity contribution is 0.628. The Morgan fingerprint density at radius 1 is 1.20 bits per heavy atom. The molecule has 0 heterocycles. The highest BCUT2D eigenvalue weighted by Gasteiger charge is 2.04. The van der Waals surface area contributed by atoms with E-state index in [4.69, 9.17) is 12.2 Å². The first-order chi connectivity index (χ1) is 9.58. The number of benzene rings is 2. The summed E-state index contributed by atoms with van der Waals surface area (Å²) < 4.78 is 14.1. The zero-order chi connectivity index (χ0) is 14.5. The molecule has 0 spiro atoms. The fraction of sp³-hybridized carbons (Fsp3) is 0.133. The Hall–Kier alpha value is -1.46. The molecule has 2 aromatic rings. The van der Waals surface area contributed by atoms with E-state index >= 15 is 0 Å². The monoisotopic (exact) mass is 352 g/mol. The van der Waals surface area contributed by atoms with E-state index in [0.29, 0.717) is 10.8 Å². The number of halogens is 2. The quantitative estimate of drug-likeness (QED) is 0.763. The molecule has 104 valence electrons. The molecule has 0 amide bonds. The van der Waals surface area contributed by atoms with Crippen LogP contribution in [0.4, 0.5) is 15.8 Å². The number of thiocarbonyl (C=S) groups is 1. The second kappa shape index (κ2) is 6.81. The van der Waals surface area contributed by atoms with Gasteiger partial charge in [0.05, 0.1) is 0 Å². The van der Waals surface area contributed by atoms with Crippen molar-refractivity contribution in [2.75, 3.05) is 10.6 Å². The van der Waals surface area contributed by atoms with Crippen molar-refractivity contribution >= 4 is 44.6 Å². The van der Waals surface area contributed by atoms with Crippen molar-refractivity contribution in [2.45, 2.75) is 13.3 Å². The van der Waals surface area contributed by atoms with Crippen LogP contribution >= 0.6 is 28.1 Å². The summed E-state index contributed by atoms with van der Waals surface area (Å²) in [6.45, 7) is 2.08. The van der Waals surface area contributed by atoms with Gasteiger partial charge < -0.3 is 10.6 Å². The minimum atomic E-state index is -0.296. The minimum absolute atomic E-state index is 0.296. The van der Waals surface area contributed by atoms with Crippen LogP contribution in [0.15, 0.2) is 46.9 Å². The van der Waals surface area contributed by atoms with Crippen LogP contribution in [-0.2, 0) is 6.42 Å². The number of nitrogens with one attached hydrogen (secondary N) is 2. The molecule has 5 heteroatoms. The second-order valence-corrected chi connectivity index (χ2v) is 5.57. The van der Waals surface area contributed by atoms with E-state index in [1.54, 1.807) is 12.1 Å². The van der Waals surface area contributed by atoms with Gasteiger partial charge in [-0.15, -0.1) is 0 Å². The molecule has 0 fully saturated rings. The van der Waals surface area contributed by atoms with Crippen LogP contribution in [0.3, 0.4) is 0 Å². The van der Waals surface area contributed by atoms with Crippen LogP contribution in [0.25, 0.3) is 0 Å². The van der Waals surface area contributed by atoms with E-state index in [1.165, 1.54) is 12.1 Å². The zero-order valence-corrected chi connectivity index (χ0v) is 13.3. The highest BCUT2D eigenvalue weighted by Crippen LogP contribution is 2.22.